The van der Waals surface area contributed by atoms with Crippen LogP contribution in [0.5, 0.6) is 5.75 Å². The van der Waals surface area contributed by atoms with Gasteiger partial charge in [-0.3, -0.25) is 14.2 Å². The van der Waals surface area contributed by atoms with Crippen molar-refractivity contribution in [2.45, 2.75) is 26.3 Å². The predicted molar refractivity (Wildman–Crippen MR) is 150 cm³/mol. The molecular formula is C30H25F3N2O5S. The third kappa shape index (κ3) is 7.95. The molecule has 4 rings (SSSR count). The highest BCUT2D eigenvalue weighted by molar-refractivity contribution is 7.07. The first-order valence-corrected chi connectivity index (χ1v) is 13.3. The summed E-state index contributed by atoms with van der Waals surface area (Å²) < 4.78 is 52.1. The van der Waals surface area contributed by atoms with E-state index >= 15 is 0 Å². The van der Waals surface area contributed by atoms with Gasteiger partial charge in [0, 0.05) is 5.69 Å². The quantitative estimate of drug-likeness (QED) is 0.297. The van der Waals surface area contributed by atoms with Crippen LogP contribution in [0, 0.1) is 0 Å². The number of ether oxygens (including phenoxy) is 2. The molecule has 1 amide bonds. The van der Waals surface area contributed by atoms with Crippen LogP contribution in [-0.4, -0.2) is 23.1 Å². The van der Waals surface area contributed by atoms with Crippen molar-refractivity contribution >= 4 is 41.1 Å². The molecule has 3 aromatic carbocycles. The van der Waals surface area contributed by atoms with Gasteiger partial charge in [-0.05, 0) is 54.5 Å². The van der Waals surface area contributed by atoms with Crippen molar-refractivity contribution in [3.8, 4) is 5.75 Å². The number of benzene rings is 3. The second-order valence-electron chi connectivity index (χ2n) is 8.67. The van der Waals surface area contributed by atoms with Gasteiger partial charge in [0.2, 0.25) is 5.91 Å². The van der Waals surface area contributed by atoms with Gasteiger partial charge in [0.15, 0.2) is 0 Å². The molecule has 0 unspecified atom stereocenters. The van der Waals surface area contributed by atoms with E-state index in [0.29, 0.717) is 18.0 Å². The van der Waals surface area contributed by atoms with E-state index in [1.165, 1.54) is 18.2 Å². The summed E-state index contributed by atoms with van der Waals surface area (Å²) in [4.78, 5) is 38.2. The molecule has 0 aliphatic rings. The molecule has 1 aromatic heterocycles. The second kappa shape index (κ2) is 13.1. The molecule has 0 aliphatic heterocycles. The summed E-state index contributed by atoms with van der Waals surface area (Å²) in [6, 6.07) is 21.1. The van der Waals surface area contributed by atoms with E-state index in [-0.39, 0.29) is 21.4 Å². The molecule has 0 saturated heterocycles. The van der Waals surface area contributed by atoms with Crippen molar-refractivity contribution in [1.82, 2.24) is 4.57 Å². The number of hydrogen-bond acceptors (Lipinski definition) is 6. The minimum Gasteiger partial charge on any atom is -0.489 e. The fourth-order valence-electron chi connectivity index (χ4n) is 3.82. The van der Waals surface area contributed by atoms with Gasteiger partial charge in [-0.25, -0.2) is 4.79 Å². The Hall–Kier alpha value is -4.64. The molecule has 212 valence electrons. The molecule has 0 saturated carbocycles. The smallest absolute Gasteiger partial charge is 0.416 e. The molecule has 41 heavy (non-hydrogen) atoms. The number of esters is 1. The van der Waals surface area contributed by atoms with Crippen molar-refractivity contribution in [1.29, 1.82) is 0 Å². The zero-order valence-electron chi connectivity index (χ0n) is 21.8. The van der Waals surface area contributed by atoms with Crippen LogP contribution >= 0.6 is 11.3 Å². The lowest BCUT2D eigenvalue weighted by Gasteiger charge is -2.09. The van der Waals surface area contributed by atoms with Gasteiger partial charge < -0.3 is 14.8 Å². The van der Waals surface area contributed by atoms with E-state index in [9.17, 15) is 27.6 Å². The van der Waals surface area contributed by atoms with Gasteiger partial charge >= 0.3 is 12.1 Å². The Kier molecular flexibility index (Phi) is 9.41. The number of carbonyl (C=O) groups excluding carboxylic acids is 2. The van der Waals surface area contributed by atoms with E-state index in [1.54, 1.807) is 31.2 Å². The number of nitrogens with one attached hydrogen (secondary N) is 1. The zero-order valence-corrected chi connectivity index (χ0v) is 22.6. The molecule has 0 aliphatic carbocycles. The van der Waals surface area contributed by atoms with Gasteiger partial charge in [0.25, 0.3) is 5.56 Å². The van der Waals surface area contributed by atoms with Gasteiger partial charge in [-0.1, -0.05) is 48.5 Å². The molecule has 4 aromatic rings. The lowest BCUT2D eigenvalue weighted by Crippen LogP contribution is -2.36. The molecule has 1 heterocycles. The Labute approximate surface area is 236 Å². The number of aromatic nitrogens is 1. The number of hydrogen-bond donors (Lipinski definition) is 1. The number of halogens is 3. The van der Waals surface area contributed by atoms with E-state index in [1.807, 2.05) is 30.3 Å². The molecule has 1 N–H and O–H groups in total. The normalized spacial score (nSPS) is 12.3. The highest BCUT2D eigenvalue weighted by Crippen LogP contribution is 2.32. The monoisotopic (exact) mass is 582 g/mol. The average Bonchev–Trinajstić information content (AvgIpc) is 3.21. The lowest BCUT2D eigenvalue weighted by molar-refractivity contribution is -0.138. The highest BCUT2D eigenvalue weighted by atomic mass is 32.1. The molecule has 0 fully saturated rings. The average molecular weight is 583 g/mol. The number of anilines is 1. The van der Waals surface area contributed by atoms with Crippen molar-refractivity contribution < 1.29 is 32.2 Å². The van der Waals surface area contributed by atoms with Crippen molar-refractivity contribution in [2.75, 3.05) is 11.9 Å². The number of carbonyl (C=O) groups is 2. The topological polar surface area (TPSA) is 86.6 Å². The SMILES string of the molecule is CCOC(=O)C=c1sc(=Cc2ccccc2C(F)(F)F)c(=O)n1CC(=O)Nc1ccc(OCc2ccccc2)cc1. The summed E-state index contributed by atoms with van der Waals surface area (Å²) in [5, 5.41) is 2.67. The molecule has 0 bridgehead atoms. The number of alkyl halides is 3. The third-order valence-electron chi connectivity index (χ3n) is 5.71. The van der Waals surface area contributed by atoms with E-state index in [2.05, 4.69) is 5.32 Å². The maximum Gasteiger partial charge on any atom is 0.416 e. The number of nitrogens with zero attached hydrogens (tertiary/aromatic N) is 1. The zero-order chi connectivity index (χ0) is 29.4. The summed E-state index contributed by atoms with van der Waals surface area (Å²) in [5.74, 6) is -0.744. The van der Waals surface area contributed by atoms with Crippen LogP contribution < -0.4 is 24.8 Å². The fourth-order valence-corrected chi connectivity index (χ4v) is 4.84. The molecular weight excluding hydrogens is 557 g/mol. The van der Waals surface area contributed by atoms with E-state index in [4.69, 9.17) is 9.47 Å². The Morgan fingerprint density at radius 1 is 0.976 bits per heavy atom. The van der Waals surface area contributed by atoms with Gasteiger partial charge in [-0.15, -0.1) is 11.3 Å². The largest absolute Gasteiger partial charge is 0.489 e. The lowest BCUT2D eigenvalue weighted by atomic mass is 10.1. The Morgan fingerprint density at radius 3 is 2.34 bits per heavy atom. The number of amides is 1. The summed E-state index contributed by atoms with van der Waals surface area (Å²) in [7, 11) is 0. The minimum atomic E-state index is -4.63. The fraction of sp³-hybridized carbons (Fsp3) is 0.167. The van der Waals surface area contributed by atoms with Crippen LogP contribution in [0.1, 0.15) is 23.6 Å². The molecule has 7 nitrogen and oxygen atoms in total. The summed E-state index contributed by atoms with van der Waals surface area (Å²) in [6.45, 7) is 1.57. The van der Waals surface area contributed by atoms with Crippen LogP contribution in [0.15, 0.2) is 83.7 Å². The van der Waals surface area contributed by atoms with Crippen molar-refractivity contribution in [2.24, 2.45) is 0 Å². The minimum absolute atomic E-state index is 0.0593. The Morgan fingerprint density at radius 2 is 1.66 bits per heavy atom. The molecule has 0 spiro atoms. The Balaban J connectivity index is 1.57. The number of rotatable bonds is 9. The Bertz CT molecular complexity index is 1700. The van der Waals surface area contributed by atoms with Crippen molar-refractivity contribution in [3.63, 3.8) is 0 Å². The highest BCUT2D eigenvalue weighted by Gasteiger charge is 2.32. The third-order valence-corrected chi connectivity index (χ3v) is 6.77. The predicted octanol–water partition coefficient (Wildman–Crippen LogP) is 4.32. The first-order valence-electron chi connectivity index (χ1n) is 12.5. The number of thiazole rings is 1. The molecule has 0 atom stereocenters. The maximum absolute atomic E-state index is 13.5. The van der Waals surface area contributed by atoms with E-state index in [0.717, 1.165) is 39.7 Å². The van der Waals surface area contributed by atoms with Crippen LogP contribution in [0.25, 0.3) is 12.2 Å². The van der Waals surface area contributed by atoms with Crippen LogP contribution in [-0.2, 0) is 33.7 Å². The van der Waals surface area contributed by atoms with Gasteiger partial charge in [-0.2, -0.15) is 13.2 Å². The van der Waals surface area contributed by atoms with Crippen molar-refractivity contribution in [3.05, 3.63) is 115 Å². The summed E-state index contributed by atoms with van der Waals surface area (Å²) in [5.41, 5.74) is -0.411. The molecule has 11 heteroatoms. The van der Waals surface area contributed by atoms with E-state index < -0.39 is 35.7 Å². The van der Waals surface area contributed by atoms with Gasteiger partial charge in [0.05, 0.1) is 22.8 Å². The molecule has 0 radical (unpaired) electrons. The standard InChI is InChI=1S/C30H25F3N2O5S/c1-2-39-28(37)17-27-35(29(38)25(41-27)16-21-10-6-7-11-24(21)30(31,32)33)18-26(36)34-22-12-14-23(15-13-22)40-19-20-8-4-3-5-9-20/h3-17H,2,18-19H2,1H3,(H,34,36). The first kappa shape index (κ1) is 29.3. The van der Waals surface area contributed by atoms with Crippen LogP contribution in [0.4, 0.5) is 18.9 Å². The van der Waals surface area contributed by atoms with Gasteiger partial charge in [0.1, 0.15) is 23.6 Å². The summed E-state index contributed by atoms with van der Waals surface area (Å²) >= 11 is 0.783. The summed E-state index contributed by atoms with van der Waals surface area (Å²) in [6.07, 6.45) is -2.50. The first-order chi connectivity index (χ1) is 19.6. The second-order valence-corrected chi connectivity index (χ2v) is 9.73. The maximum atomic E-state index is 13.5. The van der Waals surface area contributed by atoms with Crippen LogP contribution in [0.2, 0.25) is 0 Å². The van der Waals surface area contributed by atoms with Crippen LogP contribution in [0.3, 0.4) is 0 Å².